The van der Waals surface area contributed by atoms with Gasteiger partial charge in [0.05, 0.1) is 0 Å². The molecule has 2 nitrogen and oxygen atoms in total. The second kappa shape index (κ2) is 8.10. The molecule has 1 rings (SSSR count). The fourth-order valence-corrected chi connectivity index (χ4v) is 2.52. The van der Waals surface area contributed by atoms with Gasteiger partial charge in [0.2, 0.25) is 0 Å². The Balaban J connectivity index is 2.09. The molecule has 0 aliphatic carbocycles. The second-order valence-corrected chi connectivity index (χ2v) is 6.31. The fourth-order valence-electron chi connectivity index (χ4n) is 2.52. The molecule has 1 unspecified atom stereocenters. The van der Waals surface area contributed by atoms with E-state index in [1.54, 1.807) is 0 Å². The van der Waals surface area contributed by atoms with Crippen molar-refractivity contribution in [2.45, 2.75) is 47.0 Å². The predicted molar refractivity (Wildman–Crippen MR) is 76.3 cm³/mol. The number of nitrogens with zero attached hydrogens (tertiary/aromatic N) is 1. The lowest BCUT2D eigenvalue weighted by molar-refractivity contribution is 0.161. The van der Waals surface area contributed by atoms with Crippen molar-refractivity contribution in [3.8, 4) is 0 Å². The van der Waals surface area contributed by atoms with E-state index in [1.165, 1.54) is 52.0 Å². The Bertz CT molecular complexity index is 183. The summed E-state index contributed by atoms with van der Waals surface area (Å²) in [5, 5.41) is 3.60. The molecule has 0 radical (unpaired) electrons. The van der Waals surface area contributed by atoms with E-state index in [4.69, 9.17) is 0 Å². The van der Waals surface area contributed by atoms with Crippen molar-refractivity contribution in [1.29, 1.82) is 0 Å². The van der Waals surface area contributed by atoms with E-state index in [9.17, 15) is 0 Å². The van der Waals surface area contributed by atoms with Gasteiger partial charge in [-0.05, 0) is 56.8 Å². The lowest BCUT2D eigenvalue weighted by Crippen LogP contribution is -2.39. The highest BCUT2D eigenvalue weighted by Gasteiger charge is 2.19. The number of hydrogen-bond donors (Lipinski definition) is 1. The maximum absolute atomic E-state index is 3.60. The van der Waals surface area contributed by atoms with Crippen LogP contribution in [0.4, 0.5) is 0 Å². The van der Waals surface area contributed by atoms with Gasteiger partial charge < -0.3 is 10.2 Å². The van der Waals surface area contributed by atoms with Crippen LogP contribution >= 0.6 is 0 Å². The molecule has 0 aromatic heterocycles. The lowest BCUT2D eigenvalue weighted by Gasteiger charge is -2.33. The minimum atomic E-state index is 0.778. The molecule has 1 atom stereocenters. The molecular formula is C15H32N2. The van der Waals surface area contributed by atoms with Gasteiger partial charge in [0.15, 0.2) is 0 Å². The third-order valence-corrected chi connectivity index (χ3v) is 3.96. The van der Waals surface area contributed by atoms with E-state index < -0.39 is 0 Å². The number of piperidine rings is 1. The summed E-state index contributed by atoms with van der Waals surface area (Å²) in [4.78, 5) is 2.66. The molecule has 102 valence electrons. The third kappa shape index (κ3) is 6.42. The van der Waals surface area contributed by atoms with E-state index in [2.05, 4.69) is 37.9 Å². The monoisotopic (exact) mass is 240 g/mol. The Kier molecular flexibility index (Phi) is 7.14. The number of rotatable bonds is 7. The van der Waals surface area contributed by atoms with Gasteiger partial charge in [0.1, 0.15) is 0 Å². The topological polar surface area (TPSA) is 15.3 Å². The molecule has 1 saturated heterocycles. The average Bonchev–Trinajstić information content (AvgIpc) is 2.31. The molecule has 1 aliphatic heterocycles. The molecule has 1 N–H and O–H groups in total. The van der Waals surface area contributed by atoms with Crippen LogP contribution < -0.4 is 5.32 Å². The van der Waals surface area contributed by atoms with E-state index in [0.29, 0.717) is 0 Å². The summed E-state index contributed by atoms with van der Waals surface area (Å²) >= 11 is 0. The Labute approximate surface area is 108 Å². The van der Waals surface area contributed by atoms with Crippen LogP contribution in [-0.2, 0) is 0 Å². The molecule has 1 fully saturated rings. The summed E-state index contributed by atoms with van der Waals surface area (Å²) in [6, 6.07) is 0. The van der Waals surface area contributed by atoms with Crippen LogP contribution in [0, 0.1) is 17.8 Å². The predicted octanol–water partition coefficient (Wildman–Crippen LogP) is 2.99. The van der Waals surface area contributed by atoms with Gasteiger partial charge in [0.25, 0.3) is 0 Å². The van der Waals surface area contributed by atoms with Crippen LogP contribution in [0.5, 0.6) is 0 Å². The first-order valence-corrected chi connectivity index (χ1v) is 7.54. The quantitative estimate of drug-likeness (QED) is 0.736. The zero-order valence-corrected chi connectivity index (χ0v) is 12.3. The fraction of sp³-hybridized carbons (Fsp3) is 1.00. The van der Waals surface area contributed by atoms with Gasteiger partial charge in [-0.15, -0.1) is 0 Å². The Morgan fingerprint density at radius 3 is 2.35 bits per heavy atom. The van der Waals surface area contributed by atoms with Gasteiger partial charge in [-0.25, -0.2) is 0 Å². The SMILES string of the molecule is CCC(C)CN1CCC(CNCC(C)C)CC1. The van der Waals surface area contributed by atoms with Gasteiger partial charge >= 0.3 is 0 Å². The first-order valence-electron chi connectivity index (χ1n) is 7.54. The standard InChI is InChI=1S/C15H32N2/c1-5-14(4)12-17-8-6-15(7-9-17)11-16-10-13(2)3/h13-16H,5-12H2,1-4H3. The van der Waals surface area contributed by atoms with Crippen molar-refractivity contribution in [2.24, 2.45) is 17.8 Å². The van der Waals surface area contributed by atoms with Gasteiger partial charge in [0, 0.05) is 6.54 Å². The number of likely N-dealkylation sites (tertiary alicyclic amines) is 1. The van der Waals surface area contributed by atoms with Crippen molar-refractivity contribution in [3.05, 3.63) is 0 Å². The Morgan fingerprint density at radius 2 is 1.82 bits per heavy atom. The molecule has 0 saturated carbocycles. The van der Waals surface area contributed by atoms with Gasteiger partial charge in [-0.2, -0.15) is 0 Å². The van der Waals surface area contributed by atoms with Crippen LogP contribution in [0.2, 0.25) is 0 Å². The largest absolute Gasteiger partial charge is 0.316 e. The molecule has 0 bridgehead atoms. The van der Waals surface area contributed by atoms with Gasteiger partial charge in [-0.3, -0.25) is 0 Å². The smallest absolute Gasteiger partial charge is 0.000692 e. The van der Waals surface area contributed by atoms with Gasteiger partial charge in [-0.1, -0.05) is 34.1 Å². The summed E-state index contributed by atoms with van der Waals surface area (Å²) in [6.45, 7) is 15.6. The normalized spacial score (nSPS) is 21.0. The highest BCUT2D eigenvalue weighted by Crippen LogP contribution is 2.18. The van der Waals surface area contributed by atoms with Crippen LogP contribution in [0.15, 0.2) is 0 Å². The number of nitrogens with one attached hydrogen (secondary N) is 1. The van der Waals surface area contributed by atoms with Crippen LogP contribution in [0.25, 0.3) is 0 Å². The molecule has 17 heavy (non-hydrogen) atoms. The summed E-state index contributed by atoms with van der Waals surface area (Å²) < 4.78 is 0. The van der Waals surface area contributed by atoms with Crippen molar-refractivity contribution in [2.75, 3.05) is 32.7 Å². The highest BCUT2D eigenvalue weighted by atomic mass is 15.1. The van der Waals surface area contributed by atoms with Crippen LogP contribution in [0.3, 0.4) is 0 Å². The Hall–Kier alpha value is -0.0800. The molecule has 0 aromatic carbocycles. The summed E-state index contributed by atoms with van der Waals surface area (Å²) in [6.07, 6.45) is 4.10. The second-order valence-electron chi connectivity index (χ2n) is 6.31. The summed E-state index contributed by atoms with van der Waals surface area (Å²) in [5.41, 5.74) is 0. The molecular weight excluding hydrogens is 208 g/mol. The average molecular weight is 240 g/mol. The molecule has 2 heteroatoms. The molecule has 1 heterocycles. The molecule has 0 amide bonds. The van der Waals surface area contributed by atoms with E-state index in [0.717, 1.165) is 17.8 Å². The molecule has 0 aromatic rings. The maximum Gasteiger partial charge on any atom is 0.000692 e. The maximum atomic E-state index is 3.60. The van der Waals surface area contributed by atoms with E-state index in [-0.39, 0.29) is 0 Å². The highest BCUT2D eigenvalue weighted by molar-refractivity contribution is 4.75. The van der Waals surface area contributed by atoms with E-state index in [1.807, 2.05) is 0 Å². The molecule has 0 spiro atoms. The summed E-state index contributed by atoms with van der Waals surface area (Å²) in [5.74, 6) is 2.56. The van der Waals surface area contributed by atoms with Crippen molar-refractivity contribution in [1.82, 2.24) is 10.2 Å². The third-order valence-electron chi connectivity index (χ3n) is 3.96. The summed E-state index contributed by atoms with van der Waals surface area (Å²) in [7, 11) is 0. The first kappa shape index (κ1) is 15.0. The van der Waals surface area contributed by atoms with Crippen molar-refractivity contribution < 1.29 is 0 Å². The van der Waals surface area contributed by atoms with Crippen molar-refractivity contribution in [3.63, 3.8) is 0 Å². The zero-order chi connectivity index (χ0) is 12.7. The minimum absolute atomic E-state index is 0.778. The van der Waals surface area contributed by atoms with Crippen LogP contribution in [-0.4, -0.2) is 37.6 Å². The zero-order valence-electron chi connectivity index (χ0n) is 12.3. The first-order chi connectivity index (χ1) is 8.11. The minimum Gasteiger partial charge on any atom is -0.316 e. The lowest BCUT2D eigenvalue weighted by atomic mass is 9.95. The number of hydrogen-bond acceptors (Lipinski definition) is 2. The van der Waals surface area contributed by atoms with E-state index >= 15 is 0 Å². The molecule has 1 aliphatic rings. The Morgan fingerprint density at radius 1 is 1.18 bits per heavy atom. The van der Waals surface area contributed by atoms with Crippen LogP contribution in [0.1, 0.15) is 47.0 Å². The van der Waals surface area contributed by atoms with Crippen molar-refractivity contribution >= 4 is 0 Å².